The van der Waals surface area contributed by atoms with Crippen LogP contribution in [0, 0.1) is 5.82 Å². The van der Waals surface area contributed by atoms with Gasteiger partial charge in [0.25, 0.3) is 0 Å². The minimum Gasteiger partial charge on any atom is -0.388 e. The van der Waals surface area contributed by atoms with Gasteiger partial charge in [-0.25, -0.2) is 4.39 Å². The Morgan fingerprint density at radius 3 is 2.18 bits per heavy atom. The Labute approximate surface area is 189 Å². The fraction of sp³-hybridized carbons (Fsp3) is 0.455. The highest BCUT2D eigenvalue weighted by Gasteiger charge is 2.44. The minimum atomic E-state index is -5.26. The second-order valence-corrected chi connectivity index (χ2v) is 7.74. The van der Waals surface area contributed by atoms with Gasteiger partial charge in [-0.05, 0) is 42.3 Å². The second-order valence-electron chi connectivity index (χ2n) is 7.74. The van der Waals surface area contributed by atoms with Crippen LogP contribution in [0.2, 0.25) is 0 Å². The molecule has 0 spiro atoms. The van der Waals surface area contributed by atoms with Crippen LogP contribution in [0.4, 0.5) is 30.7 Å². The second kappa shape index (κ2) is 10.2. The van der Waals surface area contributed by atoms with E-state index in [0.717, 1.165) is 6.07 Å². The predicted molar refractivity (Wildman–Crippen MR) is 103 cm³/mol. The maximum absolute atomic E-state index is 13.3. The van der Waals surface area contributed by atoms with Crippen LogP contribution in [0.3, 0.4) is 0 Å². The Morgan fingerprint density at radius 2 is 1.59 bits per heavy atom. The molecule has 188 valence electrons. The zero-order valence-electron chi connectivity index (χ0n) is 17.6. The number of alkyl halides is 6. The first kappa shape index (κ1) is 26.4. The van der Waals surface area contributed by atoms with Gasteiger partial charge in [0.15, 0.2) is 6.29 Å². The van der Waals surface area contributed by atoms with Gasteiger partial charge in [-0.2, -0.15) is 26.3 Å². The standard InChI is InChI=1S/C22H21F7O5/c1-11(13-4-7-15(21(24,25)26)16(8-13)22(27,28)29)34-20-19(18(31)17(30)10-33-20)32-9-12-2-5-14(23)6-3-12/h2-8,11,17-20,30-31H,9-10H2,1H3/t11-,17+,18+,19-,20-/m1/s1. The van der Waals surface area contributed by atoms with Crippen LogP contribution < -0.4 is 0 Å². The number of rotatable bonds is 6. The third-order valence-electron chi connectivity index (χ3n) is 5.25. The summed E-state index contributed by atoms with van der Waals surface area (Å²) < 4.78 is 108. The van der Waals surface area contributed by atoms with Crippen LogP contribution in [0.25, 0.3) is 0 Å². The molecule has 5 atom stereocenters. The van der Waals surface area contributed by atoms with Crippen molar-refractivity contribution in [1.29, 1.82) is 0 Å². The van der Waals surface area contributed by atoms with Gasteiger partial charge in [0, 0.05) is 0 Å². The monoisotopic (exact) mass is 498 g/mol. The molecule has 0 amide bonds. The van der Waals surface area contributed by atoms with Crippen LogP contribution >= 0.6 is 0 Å². The van der Waals surface area contributed by atoms with Gasteiger partial charge in [-0.3, -0.25) is 0 Å². The summed E-state index contributed by atoms with van der Waals surface area (Å²) in [6.07, 6.45) is -17.2. The van der Waals surface area contributed by atoms with Crippen LogP contribution in [0.5, 0.6) is 0 Å². The maximum Gasteiger partial charge on any atom is 0.417 e. The van der Waals surface area contributed by atoms with Crippen molar-refractivity contribution >= 4 is 0 Å². The van der Waals surface area contributed by atoms with Crippen molar-refractivity contribution in [2.24, 2.45) is 0 Å². The van der Waals surface area contributed by atoms with Crippen molar-refractivity contribution in [3.63, 3.8) is 0 Å². The normalized spacial score (nSPS) is 24.8. The molecule has 2 aromatic carbocycles. The number of aliphatic hydroxyl groups is 2. The Bertz CT molecular complexity index is 962. The average Bonchev–Trinajstić information content (AvgIpc) is 2.75. The lowest BCUT2D eigenvalue weighted by molar-refractivity contribution is -0.294. The van der Waals surface area contributed by atoms with E-state index in [1.807, 2.05) is 0 Å². The van der Waals surface area contributed by atoms with Gasteiger partial charge in [0.05, 0.1) is 30.4 Å². The largest absolute Gasteiger partial charge is 0.417 e. The first-order chi connectivity index (χ1) is 15.8. The van der Waals surface area contributed by atoms with E-state index in [2.05, 4.69) is 0 Å². The molecule has 0 aliphatic carbocycles. The molecule has 0 radical (unpaired) electrons. The quantitative estimate of drug-likeness (QED) is 0.570. The molecule has 3 rings (SSSR count). The average molecular weight is 498 g/mol. The summed E-state index contributed by atoms with van der Waals surface area (Å²) in [5.74, 6) is -0.481. The van der Waals surface area contributed by atoms with Crippen LogP contribution in [0.15, 0.2) is 42.5 Å². The number of hydrogen-bond acceptors (Lipinski definition) is 5. The number of hydrogen-bond donors (Lipinski definition) is 2. The van der Waals surface area contributed by atoms with Crippen molar-refractivity contribution < 1.29 is 55.2 Å². The summed E-state index contributed by atoms with van der Waals surface area (Å²) in [6, 6.07) is 6.71. The molecule has 5 nitrogen and oxygen atoms in total. The van der Waals surface area contributed by atoms with Gasteiger partial charge >= 0.3 is 12.4 Å². The molecule has 1 fully saturated rings. The Morgan fingerprint density at radius 1 is 0.971 bits per heavy atom. The van der Waals surface area contributed by atoms with Gasteiger partial charge in [0.2, 0.25) is 0 Å². The molecule has 2 N–H and O–H groups in total. The summed E-state index contributed by atoms with van der Waals surface area (Å²) in [5.41, 5.74) is -3.40. The molecule has 1 saturated heterocycles. The van der Waals surface area contributed by atoms with Crippen molar-refractivity contribution in [3.05, 3.63) is 70.5 Å². The number of halogens is 7. The zero-order valence-corrected chi connectivity index (χ0v) is 17.6. The highest BCUT2D eigenvalue weighted by Crippen LogP contribution is 2.41. The Kier molecular flexibility index (Phi) is 7.88. The zero-order chi connectivity index (χ0) is 25.3. The van der Waals surface area contributed by atoms with E-state index in [9.17, 15) is 40.9 Å². The highest BCUT2D eigenvalue weighted by molar-refractivity contribution is 5.37. The summed E-state index contributed by atoms with van der Waals surface area (Å²) in [5, 5.41) is 20.2. The molecule has 1 aliphatic rings. The van der Waals surface area contributed by atoms with Crippen molar-refractivity contribution in [2.75, 3.05) is 6.61 Å². The fourth-order valence-corrected chi connectivity index (χ4v) is 3.41. The lowest BCUT2D eigenvalue weighted by Gasteiger charge is -2.39. The Hall–Kier alpha value is -2.25. The molecule has 0 bridgehead atoms. The molecule has 0 aromatic heterocycles. The molecular weight excluding hydrogens is 477 g/mol. The van der Waals surface area contributed by atoms with E-state index < -0.39 is 60.0 Å². The third kappa shape index (κ3) is 6.25. The van der Waals surface area contributed by atoms with Gasteiger partial charge < -0.3 is 24.4 Å². The Balaban J connectivity index is 1.79. The SMILES string of the molecule is C[C@@H](O[C@H]1OC[C@H](O)[C@H](O)[C@H]1OCc1ccc(F)cc1)c1ccc(C(F)(F)F)c(C(F)(F)F)c1. The molecular formula is C22H21F7O5. The highest BCUT2D eigenvalue weighted by atomic mass is 19.4. The van der Waals surface area contributed by atoms with E-state index >= 15 is 0 Å². The van der Waals surface area contributed by atoms with Crippen LogP contribution in [-0.4, -0.2) is 41.4 Å². The lowest BCUT2D eigenvalue weighted by Crippen LogP contribution is -2.55. The van der Waals surface area contributed by atoms with Crippen molar-refractivity contribution in [3.8, 4) is 0 Å². The third-order valence-corrected chi connectivity index (χ3v) is 5.25. The molecule has 2 aromatic rings. The maximum atomic E-state index is 13.3. The number of aliphatic hydroxyl groups excluding tert-OH is 2. The first-order valence-corrected chi connectivity index (χ1v) is 10.0. The predicted octanol–water partition coefficient (Wildman–Crippen LogP) is 4.60. The fourth-order valence-electron chi connectivity index (χ4n) is 3.41. The van der Waals surface area contributed by atoms with E-state index in [-0.39, 0.29) is 18.8 Å². The van der Waals surface area contributed by atoms with E-state index in [0.29, 0.717) is 17.7 Å². The van der Waals surface area contributed by atoms with Gasteiger partial charge in [0.1, 0.15) is 24.1 Å². The summed E-state index contributed by atoms with van der Waals surface area (Å²) in [6.45, 7) is 0.765. The van der Waals surface area contributed by atoms with Gasteiger partial charge in [-0.15, -0.1) is 0 Å². The smallest absolute Gasteiger partial charge is 0.388 e. The van der Waals surface area contributed by atoms with Crippen LogP contribution in [0.1, 0.15) is 35.3 Å². The van der Waals surface area contributed by atoms with E-state index in [1.54, 1.807) is 0 Å². The molecule has 1 heterocycles. The summed E-state index contributed by atoms with van der Waals surface area (Å²) >= 11 is 0. The van der Waals surface area contributed by atoms with E-state index in [1.165, 1.54) is 31.2 Å². The lowest BCUT2D eigenvalue weighted by atomic mass is 10.00. The molecule has 0 saturated carbocycles. The minimum absolute atomic E-state index is 0.148. The van der Waals surface area contributed by atoms with Crippen molar-refractivity contribution in [2.45, 2.75) is 56.6 Å². The van der Waals surface area contributed by atoms with Crippen molar-refractivity contribution in [1.82, 2.24) is 0 Å². The topological polar surface area (TPSA) is 68.2 Å². The number of benzene rings is 2. The molecule has 0 unspecified atom stereocenters. The summed E-state index contributed by atoms with van der Waals surface area (Å²) in [4.78, 5) is 0. The molecule has 12 heteroatoms. The van der Waals surface area contributed by atoms with Crippen LogP contribution in [-0.2, 0) is 33.2 Å². The van der Waals surface area contributed by atoms with Gasteiger partial charge in [-0.1, -0.05) is 18.2 Å². The molecule has 34 heavy (non-hydrogen) atoms. The number of ether oxygens (including phenoxy) is 3. The van der Waals surface area contributed by atoms with E-state index in [4.69, 9.17) is 14.2 Å². The molecule has 1 aliphatic heterocycles. The first-order valence-electron chi connectivity index (χ1n) is 10.0. The summed E-state index contributed by atoms with van der Waals surface area (Å²) in [7, 11) is 0.